The van der Waals surface area contributed by atoms with Crippen LogP contribution >= 0.6 is 0 Å². The molecule has 1 unspecified atom stereocenters. The molecule has 0 amide bonds. The lowest BCUT2D eigenvalue weighted by Gasteiger charge is -2.32. The number of phenolic OH excluding ortho intramolecular Hbond substituents is 3. The van der Waals surface area contributed by atoms with Crippen LogP contribution in [-0.2, 0) is 11.8 Å². The van der Waals surface area contributed by atoms with E-state index in [1.165, 1.54) is 0 Å². The van der Waals surface area contributed by atoms with Crippen molar-refractivity contribution in [3.63, 3.8) is 0 Å². The third-order valence-electron chi connectivity index (χ3n) is 5.16. The summed E-state index contributed by atoms with van der Waals surface area (Å²) in [7, 11) is 0. The highest BCUT2D eigenvalue weighted by molar-refractivity contribution is 5.47. The third kappa shape index (κ3) is 3.38. The smallest absolute Gasteiger partial charge is 0.118 e. The summed E-state index contributed by atoms with van der Waals surface area (Å²) in [5.74, 6) is 0.807. The summed E-state index contributed by atoms with van der Waals surface area (Å²) in [6.07, 6.45) is 0.725. The van der Waals surface area contributed by atoms with Gasteiger partial charge in [0.15, 0.2) is 0 Å². The minimum atomic E-state index is -0.352. The van der Waals surface area contributed by atoms with E-state index in [2.05, 4.69) is 6.92 Å². The van der Waals surface area contributed by atoms with Gasteiger partial charge in [0.2, 0.25) is 0 Å². The predicted molar refractivity (Wildman–Crippen MR) is 104 cm³/mol. The van der Waals surface area contributed by atoms with Crippen molar-refractivity contribution in [2.45, 2.75) is 32.6 Å². The summed E-state index contributed by atoms with van der Waals surface area (Å²) in [6.45, 7) is 5.94. The van der Waals surface area contributed by atoms with E-state index in [1.54, 1.807) is 24.3 Å². The molecule has 3 nitrogen and oxygen atoms in total. The molecular weight excluding hydrogens is 324 g/mol. The van der Waals surface area contributed by atoms with Gasteiger partial charge in [-0.15, -0.1) is 0 Å². The summed E-state index contributed by atoms with van der Waals surface area (Å²) in [5.41, 5.74) is 4.60. The lowest BCUT2D eigenvalue weighted by Crippen LogP contribution is -2.26. The van der Waals surface area contributed by atoms with Crippen LogP contribution in [0.3, 0.4) is 0 Å². The molecule has 26 heavy (non-hydrogen) atoms. The molecule has 0 fully saturated rings. The van der Waals surface area contributed by atoms with Crippen molar-refractivity contribution in [1.29, 1.82) is 0 Å². The first-order valence-corrected chi connectivity index (χ1v) is 8.68. The van der Waals surface area contributed by atoms with Gasteiger partial charge < -0.3 is 15.3 Å². The zero-order chi connectivity index (χ0) is 18.9. The topological polar surface area (TPSA) is 60.7 Å². The molecule has 0 aliphatic carbocycles. The Labute approximate surface area is 154 Å². The molecule has 0 bridgehead atoms. The second-order valence-electron chi connectivity index (χ2n) is 7.18. The highest BCUT2D eigenvalue weighted by Gasteiger charge is 2.30. The zero-order valence-corrected chi connectivity index (χ0v) is 15.3. The van der Waals surface area contributed by atoms with Crippen molar-refractivity contribution in [2.24, 2.45) is 0 Å². The van der Waals surface area contributed by atoms with Gasteiger partial charge in [-0.05, 0) is 72.4 Å². The molecule has 3 aromatic carbocycles. The fraction of sp³-hybridized carbons (Fsp3) is 0.217. The number of phenols is 3. The van der Waals surface area contributed by atoms with E-state index in [1.807, 2.05) is 50.2 Å². The highest BCUT2D eigenvalue weighted by Crippen LogP contribution is 2.38. The molecule has 3 rings (SSSR count). The number of benzene rings is 3. The Balaban J connectivity index is 2.12. The Morgan fingerprint density at radius 1 is 0.692 bits per heavy atom. The van der Waals surface area contributed by atoms with Gasteiger partial charge in [-0.1, -0.05) is 43.3 Å². The average molecular weight is 348 g/mol. The van der Waals surface area contributed by atoms with Crippen LogP contribution in [0.5, 0.6) is 17.2 Å². The first-order chi connectivity index (χ1) is 12.3. The van der Waals surface area contributed by atoms with Crippen molar-refractivity contribution < 1.29 is 15.3 Å². The fourth-order valence-corrected chi connectivity index (χ4v) is 3.43. The number of aryl methyl sites for hydroxylation is 2. The number of aromatic hydroxyl groups is 3. The van der Waals surface area contributed by atoms with Gasteiger partial charge in [0.05, 0.1) is 0 Å². The molecule has 1 atom stereocenters. The van der Waals surface area contributed by atoms with Gasteiger partial charge in [0.1, 0.15) is 17.2 Å². The van der Waals surface area contributed by atoms with Crippen molar-refractivity contribution in [3.05, 3.63) is 88.5 Å². The molecular formula is C23H24O3. The number of hydrogen-bond acceptors (Lipinski definition) is 3. The van der Waals surface area contributed by atoms with Crippen molar-refractivity contribution in [3.8, 4) is 17.2 Å². The second-order valence-corrected chi connectivity index (χ2v) is 7.18. The summed E-state index contributed by atoms with van der Waals surface area (Å²) >= 11 is 0. The zero-order valence-electron chi connectivity index (χ0n) is 15.3. The van der Waals surface area contributed by atoms with E-state index in [0.29, 0.717) is 5.75 Å². The van der Waals surface area contributed by atoms with Crippen LogP contribution in [-0.4, -0.2) is 15.3 Å². The van der Waals surface area contributed by atoms with Gasteiger partial charge in [-0.3, -0.25) is 0 Å². The lowest BCUT2D eigenvalue weighted by atomic mass is 9.71. The maximum Gasteiger partial charge on any atom is 0.118 e. The summed E-state index contributed by atoms with van der Waals surface area (Å²) in [4.78, 5) is 0. The molecule has 0 saturated carbocycles. The van der Waals surface area contributed by atoms with Crippen molar-refractivity contribution in [1.82, 2.24) is 0 Å². The van der Waals surface area contributed by atoms with Crippen molar-refractivity contribution >= 4 is 0 Å². The summed E-state index contributed by atoms with van der Waals surface area (Å²) in [5, 5.41) is 29.4. The second kappa shape index (κ2) is 6.75. The Kier molecular flexibility index (Phi) is 4.64. The van der Waals surface area contributed by atoms with Gasteiger partial charge in [-0.2, -0.15) is 0 Å². The Morgan fingerprint density at radius 3 is 1.81 bits per heavy atom. The van der Waals surface area contributed by atoms with E-state index >= 15 is 0 Å². The van der Waals surface area contributed by atoms with Crippen LogP contribution in [0.1, 0.15) is 34.7 Å². The molecule has 0 aromatic heterocycles. The highest BCUT2D eigenvalue weighted by atomic mass is 16.3. The van der Waals surface area contributed by atoms with E-state index < -0.39 is 0 Å². The average Bonchev–Trinajstić information content (AvgIpc) is 2.61. The van der Waals surface area contributed by atoms with Gasteiger partial charge in [0, 0.05) is 5.41 Å². The van der Waals surface area contributed by atoms with Crippen LogP contribution in [0.4, 0.5) is 0 Å². The maximum atomic E-state index is 9.91. The quantitative estimate of drug-likeness (QED) is 0.624. The van der Waals surface area contributed by atoms with Gasteiger partial charge in [-0.25, -0.2) is 0 Å². The molecule has 0 spiro atoms. The normalized spacial score (nSPS) is 13.3. The van der Waals surface area contributed by atoms with Crippen LogP contribution in [0, 0.1) is 13.8 Å². The number of rotatable bonds is 4. The minimum Gasteiger partial charge on any atom is -0.508 e. The molecule has 3 heteroatoms. The largest absolute Gasteiger partial charge is 0.508 e. The molecule has 134 valence electrons. The van der Waals surface area contributed by atoms with E-state index in [0.717, 1.165) is 34.2 Å². The molecule has 0 radical (unpaired) electrons. The summed E-state index contributed by atoms with van der Waals surface area (Å²) in [6, 6.07) is 18.6. The van der Waals surface area contributed by atoms with Gasteiger partial charge >= 0.3 is 0 Å². The summed E-state index contributed by atoms with van der Waals surface area (Å²) < 4.78 is 0. The number of hydrogen-bond donors (Lipinski definition) is 3. The van der Waals surface area contributed by atoms with Crippen LogP contribution in [0.15, 0.2) is 60.7 Å². The SMILES string of the molecule is Cc1cc(CC(C)(c2ccc(O)cc2)c2ccc(O)c(C)c2)ccc1O. The van der Waals surface area contributed by atoms with Crippen LogP contribution < -0.4 is 0 Å². The first kappa shape index (κ1) is 17.9. The maximum absolute atomic E-state index is 9.91. The van der Waals surface area contributed by atoms with E-state index in [4.69, 9.17) is 0 Å². The first-order valence-electron chi connectivity index (χ1n) is 8.68. The van der Waals surface area contributed by atoms with Crippen LogP contribution in [0.2, 0.25) is 0 Å². The van der Waals surface area contributed by atoms with E-state index in [-0.39, 0.29) is 16.9 Å². The van der Waals surface area contributed by atoms with Crippen molar-refractivity contribution in [2.75, 3.05) is 0 Å². The predicted octanol–water partition coefficient (Wildman–Crippen LogP) is 4.97. The fourth-order valence-electron chi connectivity index (χ4n) is 3.43. The molecule has 0 heterocycles. The molecule has 0 saturated heterocycles. The third-order valence-corrected chi connectivity index (χ3v) is 5.16. The minimum absolute atomic E-state index is 0.235. The van der Waals surface area contributed by atoms with Crippen LogP contribution in [0.25, 0.3) is 0 Å². The molecule has 0 aliphatic heterocycles. The Hall–Kier alpha value is -2.94. The lowest BCUT2D eigenvalue weighted by molar-refractivity contribution is 0.467. The van der Waals surface area contributed by atoms with E-state index in [9.17, 15) is 15.3 Å². The van der Waals surface area contributed by atoms with Gasteiger partial charge in [0.25, 0.3) is 0 Å². The standard InChI is InChI=1S/C23H24O3/c1-15-12-17(4-10-21(15)25)14-23(3,18-5-8-20(24)9-6-18)19-7-11-22(26)16(2)13-19/h4-13,24-26H,14H2,1-3H3. The molecule has 3 N–H and O–H groups in total. The Bertz CT molecular complexity index is 929. The molecule has 3 aromatic rings. The monoisotopic (exact) mass is 348 g/mol. The molecule has 0 aliphatic rings. The Morgan fingerprint density at radius 2 is 1.23 bits per heavy atom.